The maximum atomic E-state index is 12.4. The molecule has 2 aromatic carbocycles. The maximum absolute atomic E-state index is 12.4. The van der Waals surface area contributed by atoms with Crippen molar-refractivity contribution in [2.24, 2.45) is 0 Å². The summed E-state index contributed by atoms with van der Waals surface area (Å²) in [7, 11) is 3.64. The first-order chi connectivity index (χ1) is 12.4. The van der Waals surface area contributed by atoms with Crippen molar-refractivity contribution in [3.05, 3.63) is 53.1 Å². The molecule has 0 aliphatic rings. The van der Waals surface area contributed by atoms with E-state index in [0.717, 1.165) is 39.8 Å². The average Bonchev–Trinajstić information content (AvgIpc) is 2.60. The van der Waals surface area contributed by atoms with Gasteiger partial charge in [-0.15, -0.1) is 0 Å². The van der Waals surface area contributed by atoms with E-state index in [-0.39, 0.29) is 5.91 Å². The number of benzene rings is 2. The second-order valence-electron chi connectivity index (χ2n) is 6.52. The first kappa shape index (κ1) is 19.8. The number of methoxy groups -OCH3 is 1. The molecule has 1 unspecified atom stereocenters. The van der Waals surface area contributed by atoms with Crippen molar-refractivity contribution >= 4 is 11.6 Å². The molecular weight excluding hydrogens is 328 g/mol. The van der Waals surface area contributed by atoms with Crippen LogP contribution in [-0.4, -0.2) is 33.2 Å². The summed E-state index contributed by atoms with van der Waals surface area (Å²) >= 11 is 0. The Kier molecular flexibility index (Phi) is 7.04. The fourth-order valence-electron chi connectivity index (χ4n) is 2.86. The van der Waals surface area contributed by atoms with Crippen LogP contribution in [0.1, 0.15) is 23.6 Å². The minimum atomic E-state index is 0.00843. The largest absolute Gasteiger partial charge is 0.493 e. The standard InChI is InChI=1S/C21H28N2O3/c1-6-26-19-11-10-17(12-20(19)25-5)13-23(4)14-21(24)22-18-9-7-8-15(2)16(18)3/h7-12H,6,13-14H2,1-5H3,(H,22,24)/p+1. The highest BCUT2D eigenvalue weighted by Crippen LogP contribution is 2.27. The summed E-state index contributed by atoms with van der Waals surface area (Å²) in [6, 6.07) is 11.8. The van der Waals surface area contributed by atoms with Gasteiger partial charge < -0.3 is 19.7 Å². The molecule has 0 radical (unpaired) electrons. The van der Waals surface area contributed by atoms with Crippen LogP contribution in [0.15, 0.2) is 36.4 Å². The molecule has 1 amide bonds. The third-order valence-electron chi connectivity index (χ3n) is 4.37. The summed E-state index contributed by atoms with van der Waals surface area (Å²) < 4.78 is 10.9. The van der Waals surface area contributed by atoms with E-state index in [0.29, 0.717) is 13.2 Å². The highest BCUT2D eigenvalue weighted by atomic mass is 16.5. The molecule has 2 N–H and O–H groups in total. The van der Waals surface area contributed by atoms with Crippen molar-refractivity contribution < 1.29 is 19.2 Å². The number of anilines is 1. The van der Waals surface area contributed by atoms with Gasteiger partial charge >= 0.3 is 0 Å². The highest BCUT2D eigenvalue weighted by molar-refractivity contribution is 5.92. The van der Waals surface area contributed by atoms with Crippen LogP contribution < -0.4 is 19.7 Å². The first-order valence-corrected chi connectivity index (χ1v) is 8.91. The average molecular weight is 357 g/mol. The van der Waals surface area contributed by atoms with Crippen LogP contribution in [-0.2, 0) is 11.3 Å². The molecule has 0 heterocycles. The van der Waals surface area contributed by atoms with Gasteiger partial charge in [0.1, 0.15) is 6.54 Å². The van der Waals surface area contributed by atoms with Gasteiger partial charge in [-0.3, -0.25) is 4.79 Å². The molecule has 5 heteroatoms. The summed E-state index contributed by atoms with van der Waals surface area (Å²) in [6.45, 7) is 7.72. The number of amides is 1. The quantitative estimate of drug-likeness (QED) is 0.763. The number of quaternary nitrogens is 1. The maximum Gasteiger partial charge on any atom is 0.279 e. The first-order valence-electron chi connectivity index (χ1n) is 8.91. The molecule has 0 saturated carbocycles. The van der Waals surface area contributed by atoms with Crippen molar-refractivity contribution in [1.29, 1.82) is 0 Å². The van der Waals surface area contributed by atoms with Gasteiger partial charge in [-0.25, -0.2) is 0 Å². The van der Waals surface area contributed by atoms with Gasteiger partial charge in [0.05, 0.1) is 20.8 Å². The van der Waals surface area contributed by atoms with Crippen molar-refractivity contribution in [3.8, 4) is 11.5 Å². The van der Waals surface area contributed by atoms with E-state index in [1.54, 1.807) is 7.11 Å². The summed E-state index contributed by atoms with van der Waals surface area (Å²) in [5.74, 6) is 1.47. The normalized spacial score (nSPS) is 11.7. The number of hydrogen-bond acceptors (Lipinski definition) is 3. The van der Waals surface area contributed by atoms with Crippen LogP contribution in [0.4, 0.5) is 5.69 Å². The Hall–Kier alpha value is -2.53. The minimum Gasteiger partial charge on any atom is -0.493 e. The Bertz CT molecular complexity index is 759. The molecule has 0 fully saturated rings. The van der Waals surface area contributed by atoms with Crippen LogP contribution in [0.25, 0.3) is 0 Å². The Morgan fingerprint density at radius 3 is 2.62 bits per heavy atom. The molecule has 2 aromatic rings. The summed E-state index contributed by atoms with van der Waals surface area (Å²) in [5, 5.41) is 3.01. The highest BCUT2D eigenvalue weighted by Gasteiger charge is 2.14. The Labute approximate surface area is 155 Å². The van der Waals surface area contributed by atoms with Crippen LogP contribution in [0.2, 0.25) is 0 Å². The molecule has 0 bridgehead atoms. The molecule has 0 aliphatic heterocycles. The molecule has 1 atom stereocenters. The number of rotatable bonds is 8. The van der Waals surface area contributed by atoms with Gasteiger partial charge in [0.2, 0.25) is 0 Å². The second kappa shape index (κ2) is 9.25. The van der Waals surface area contributed by atoms with E-state index in [1.165, 1.54) is 5.56 Å². The molecule has 0 saturated heterocycles. The lowest BCUT2D eigenvalue weighted by Crippen LogP contribution is -3.08. The van der Waals surface area contributed by atoms with Crippen molar-refractivity contribution in [1.82, 2.24) is 0 Å². The van der Waals surface area contributed by atoms with Crippen molar-refractivity contribution in [2.75, 3.05) is 32.6 Å². The van der Waals surface area contributed by atoms with Gasteiger partial charge in [0, 0.05) is 11.3 Å². The molecular formula is C21H29N2O3+. The van der Waals surface area contributed by atoms with Gasteiger partial charge in [0.25, 0.3) is 5.91 Å². The van der Waals surface area contributed by atoms with E-state index in [1.807, 2.05) is 64.2 Å². The fraction of sp³-hybridized carbons (Fsp3) is 0.381. The number of aryl methyl sites for hydroxylation is 1. The fourth-order valence-corrected chi connectivity index (χ4v) is 2.86. The molecule has 0 spiro atoms. The number of nitrogens with one attached hydrogen (secondary N) is 2. The predicted octanol–water partition coefficient (Wildman–Crippen LogP) is 2.36. The van der Waals surface area contributed by atoms with Crippen LogP contribution in [0, 0.1) is 13.8 Å². The lowest BCUT2D eigenvalue weighted by atomic mass is 10.1. The molecule has 26 heavy (non-hydrogen) atoms. The summed E-state index contributed by atoms with van der Waals surface area (Å²) in [4.78, 5) is 13.5. The molecule has 0 aliphatic carbocycles. The molecule has 5 nitrogen and oxygen atoms in total. The van der Waals surface area contributed by atoms with Crippen LogP contribution in [0.3, 0.4) is 0 Å². The molecule has 0 aromatic heterocycles. The smallest absolute Gasteiger partial charge is 0.279 e. The zero-order valence-corrected chi connectivity index (χ0v) is 16.3. The van der Waals surface area contributed by atoms with E-state index in [9.17, 15) is 4.79 Å². The van der Waals surface area contributed by atoms with E-state index >= 15 is 0 Å². The van der Waals surface area contributed by atoms with Crippen LogP contribution in [0.5, 0.6) is 11.5 Å². The minimum absolute atomic E-state index is 0.00843. The lowest BCUT2D eigenvalue weighted by molar-refractivity contribution is -0.885. The topological polar surface area (TPSA) is 52.0 Å². The summed E-state index contributed by atoms with van der Waals surface area (Å²) in [5.41, 5.74) is 4.26. The number of hydrogen-bond donors (Lipinski definition) is 2. The van der Waals surface area contributed by atoms with Crippen LogP contribution >= 0.6 is 0 Å². The van der Waals surface area contributed by atoms with Gasteiger partial charge in [-0.05, 0) is 56.2 Å². The Morgan fingerprint density at radius 2 is 1.92 bits per heavy atom. The van der Waals surface area contributed by atoms with Gasteiger partial charge in [-0.1, -0.05) is 12.1 Å². The number of carbonyl (C=O) groups is 1. The Morgan fingerprint density at radius 1 is 1.15 bits per heavy atom. The van der Waals surface area contributed by atoms with E-state index < -0.39 is 0 Å². The zero-order valence-electron chi connectivity index (χ0n) is 16.3. The molecule has 140 valence electrons. The van der Waals surface area contributed by atoms with Gasteiger partial charge in [0.15, 0.2) is 18.0 Å². The third-order valence-corrected chi connectivity index (χ3v) is 4.37. The molecule has 2 rings (SSSR count). The second-order valence-corrected chi connectivity index (χ2v) is 6.52. The lowest BCUT2D eigenvalue weighted by Gasteiger charge is -2.16. The number of carbonyl (C=O) groups excluding carboxylic acids is 1. The number of ether oxygens (including phenoxy) is 2. The summed E-state index contributed by atoms with van der Waals surface area (Å²) in [6.07, 6.45) is 0. The third kappa shape index (κ3) is 5.23. The SMILES string of the molecule is CCOc1ccc(C[NH+](C)CC(=O)Nc2cccc(C)c2C)cc1OC. The van der Waals surface area contributed by atoms with Gasteiger partial charge in [-0.2, -0.15) is 0 Å². The number of likely N-dealkylation sites (N-methyl/N-ethyl adjacent to an activating group) is 1. The van der Waals surface area contributed by atoms with E-state index in [4.69, 9.17) is 9.47 Å². The van der Waals surface area contributed by atoms with Crippen molar-refractivity contribution in [3.63, 3.8) is 0 Å². The Balaban J connectivity index is 1.96. The zero-order chi connectivity index (χ0) is 19.1. The monoisotopic (exact) mass is 357 g/mol. The van der Waals surface area contributed by atoms with Crippen molar-refractivity contribution in [2.45, 2.75) is 27.3 Å². The predicted molar refractivity (Wildman–Crippen MR) is 104 cm³/mol. The van der Waals surface area contributed by atoms with E-state index in [2.05, 4.69) is 5.32 Å².